The number of carboxylic acid groups (broad SMARTS) is 1. The lowest BCUT2D eigenvalue weighted by molar-refractivity contribution is -0.136. The first-order valence-electron chi connectivity index (χ1n) is 10.3. The lowest BCUT2D eigenvalue weighted by Crippen LogP contribution is -2.16. The fraction of sp³-hybridized carbons (Fsp3) is 0.160. The average Bonchev–Trinajstić information content (AvgIpc) is 3.41. The van der Waals surface area contributed by atoms with Gasteiger partial charge in [0, 0.05) is 9.75 Å². The van der Waals surface area contributed by atoms with Crippen LogP contribution < -0.4 is 5.32 Å². The molecule has 0 aliphatic heterocycles. The molecule has 0 aliphatic carbocycles. The van der Waals surface area contributed by atoms with E-state index in [-0.39, 0.29) is 12.5 Å². The van der Waals surface area contributed by atoms with Gasteiger partial charge in [0.05, 0.1) is 22.7 Å². The van der Waals surface area contributed by atoms with Gasteiger partial charge in [0.15, 0.2) is 0 Å². The number of carbonyl (C=O) groups is 2. The maximum Gasteiger partial charge on any atom is 0.412 e. The second-order valence-corrected chi connectivity index (χ2v) is 9.41. The van der Waals surface area contributed by atoms with Crippen molar-refractivity contribution in [3.63, 3.8) is 0 Å². The van der Waals surface area contributed by atoms with Crippen LogP contribution in [0.15, 0.2) is 66.7 Å². The molecule has 0 spiro atoms. The fourth-order valence-corrected chi connectivity index (χ4v) is 5.22. The first-order valence-corrected chi connectivity index (χ1v) is 11.9. The summed E-state index contributed by atoms with van der Waals surface area (Å²) in [5, 5.41) is 11.8. The van der Waals surface area contributed by atoms with Crippen LogP contribution in [0.4, 0.5) is 10.5 Å². The standard InChI is InChI=1S/C25H22N2O4S2/c1-15-23(26-25(30)31-16(2)17-6-4-3-5-7-17)24(33-27-15)19-10-8-18(9-11-19)21-13-12-20(32-21)14-22(28)29/h3-13,16H,14H2,1-2H3,(H,26,30)(H,28,29)/t16-/m1/s1. The highest BCUT2D eigenvalue weighted by Crippen LogP contribution is 2.37. The fourth-order valence-electron chi connectivity index (χ4n) is 3.36. The molecular weight excluding hydrogens is 456 g/mol. The molecule has 2 aromatic carbocycles. The third-order valence-electron chi connectivity index (χ3n) is 5.06. The number of nitrogens with one attached hydrogen (secondary N) is 1. The lowest BCUT2D eigenvalue weighted by atomic mass is 10.1. The molecule has 0 fully saturated rings. The van der Waals surface area contributed by atoms with Crippen molar-refractivity contribution in [1.82, 2.24) is 4.37 Å². The van der Waals surface area contributed by atoms with Crippen molar-refractivity contribution in [2.45, 2.75) is 26.4 Å². The van der Waals surface area contributed by atoms with Gasteiger partial charge in [-0.05, 0) is 54.2 Å². The molecule has 2 heterocycles. The predicted octanol–water partition coefficient (Wildman–Crippen LogP) is 6.78. The van der Waals surface area contributed by atoms with E-state index in [0.717, 1.165) is 37.0 Å². The SMILES string of the molecule is Cc1nsc(-c2ccc(-c3ccc(CC(=O)O)s3)cc2)c1NC(=O)O[C@H](C)c1ccccc1. The quantitative estimate of drug-likeness (QED) is 0.305. The van der Waals surface area contributed by atoms with Crippen LogP contribution in [0.25, 0.3) is 20.9 Å². The van der Waals surface area contributed by atoms with Crippen molar-refractivity contribution in [2.75, 3.05) is 5.32 Å². The van der Waals surface area contributed by atoms with E-state index in [0.29, 0.717) is 5.69 Å². The molecule has 2 N–H and O–H groups in total. The van der Waals surface area contributed by atoms with Crippen LogP contribution in [0.2, 0.25) is 0 Å². The van der Waals surface area contributed by atoms with Crippen LogP contribution in [0, 0.1) is 6.92 Å². The molecule has 33 heavy (non-hydrogen) atoms. The molecule has 0 saturated carbocycles. The third kappa shape index (κ3) is 5.47. The Morgan fingerprint density at radius 1 is 1.03 bits per heavy atom. The number of amides is 1. The van der Waals surface area contributed by atoms with Crippen molar-refractivity contribution in [2.24, 2.45) is 0 Å². The zero-order valence-corrected chi connectivity index (χ0v) is 19.7. The Bertz CT molecular complexity index is 1260. The number of aromatic nitrogens is 1. The van der Waals surface area contributed by atoms with E-state index in [1.807, 2.05) is 80.6 Å². The highest BCUT2D eigenvalue weighted by atomic mass is 32.1. The number of carbonyl (C=O) groups excluding carboxylic acids is 1. The predicted molar refractivity (Wildman–Crippen MR) is 132 cm³/mol. The van der Waals surface area contributed by atoms with Crippen LogP contribution in [-0.2, 0) is 16.0 Å². The lowest BCUT2D eigenvalue weighted by Gasteiger charge is -2.14. The molecular formula is C25H22N2O4S2. The molecule has 8 heteroatoms. The molecule has 0 bridgehead atoms. The highest BCUT2D eigenvalue weighted by molar-refractivity contribution is 7.15. The van der Waals surface area contributed by atoms with Crippen LogP contribution in [0.1, 0.15) is 29.2 Å². The van der Waals surface area contributed by atoms with Gasteiger partial charge in [0.1, 0.15) is 6.10 Å². The summed E-state index contributed by atoms with van der Waals surface area (Å²) in [5.41, 5.74) is 4.21. The number of carboxylic acids is 1. The second kappa shape index (κ2) is 9.97. The number of aryl methyl sites for hydroxylation is 1. The van der Waals surface area contributed by atoms with E-state index in [2.05, 4.69) is 9.69 Å². The number of thiophene rings is 1. The molecule has 0 saturated heterocycles. The smallest absolute Gasteiger partial charge is 0.412 e. The zero-order valence-electron chi connectivity index (χ0n) is 18.1. The minimum Gasteiger partial charge on any atom is -0.481 e. The Morgan fingerprint density at radius 2 is 1.73 bits per heavy atom. The molecule has 1 amide bonds. The van der Waals surface area contributed by atoms with E-state index >= 15 is 0 Å². The van der Waals surface area contributed by atoms with Gasteiger partial charge in [-0.15, -0.1) is 11.3 Å². The average molecular weight is 479 g/mol. The normalized spacial score (nSPS) is 11.7. The first-order chi connectivity index (χ1) is 15.9. The largest absolute Gasteiger partial charge is 0.481 e. The van der Waals surface area contributed by atoms with Gasteiger partial charge in [-0.2, -0.15) is 4.37 Å². The molecule has 6 nitrogen and oxygen atoms in total. The van der Waals surface area contributed by atoms with Gasteiger partial charge in [-0.25, -0.2) is 4.79 Å². The molecule has 2 aromatic heterocycles. The number of benzene rings is 2. The van der Waals surface area contributed by atoms with Crippen LogP contribution in [-0.4, -0.2) is 21.5 Å². The monoisotopic (exact) mass is 478 g/mol. The molecule has 0 aliphatic rings. The number of anilines is 1. The van der Waals surface area contributed by atoms with Gasteiger partial charge in [-0.1, -0.05) is 54.6 Å². The summed E-state index contributed by atoms with van der Waals surface area (Å²) in [6.45, 7) is 3.68. The van der Waals surface area contributed by atoms with Gasteiger partial charge in [0.25, 0.3) is 0 Å². The maximum absolute atomic E-state index is 12.6. The molecule has 168 valence electrons. The summed E-state index contributed by atoms with van der Waals surface area (Å²) in [7, 11) is 0. The van der Waals surface area contributed by atoms with Crippen molar-refractivity contribution in [3.05, 3.63) is 82.9 Å². The number of hydrogen-bond donors (Lipinski definition) is 2. The first kappa shape index (κ1) is 22.7. The Kier molecular flexibility index (Phi) is 6.86. The minimum absolute atomic E-state index is 0.0247. The molecule has 4 rings (SSSR count). The number of hydrogen-bond acceptors (Lipinski definition) is 6. The van der Waals surface area contributed by atoms with Crippen molar-refractivity contribution < 1.29 is 19.4 Å². The van der Waals surface area contributed by atoms with E-state index < -0.39 is 12.1 Å². The van der Waals surface area contributed by atoms with Crippen LogP contribution in [0.5, 0.6) is 0 Å². The van der Waals surface area contributed by atoms with Crippen molar-refractivity contribution in [1.29, 1.82) is 0 Å². The van der Waals surface area contributed by atoms with Gasteiger partial charge in [0.2, 0.25) is 0 Å². The number of nitrogens with zero attached hydrogens (tertiary/aromatic N) is 1. The summed E-state index contributed by atoms with van der Waals surface area (Å²) in [5.74, 6) is -0.837. The molecule has 0 radical (unpaired) electrons. The highest BCUT2D eigenvalue weighted by Gasteiger charge is 2.18. The summed E-state index contributed by atoms with van der Waals surface area (Å²) >= 11 is 2.79. The molecule has 1 atom stereocenters. The Hall–Kier alpha value is -3.49. The summed E-state index contributed by atoms with van der Waals surface area (Å²) in [4.78, 5) is 26.1. The topological polar surface area (TPSA) is 88.5 Å². The summed E-state index contributed by atoms with van der Waals surface area (Å²) in [6, 6.07) is 21.3. The van der Waals surface area contributed by atoms with Gasteiger partial charge >= 0.3 is 12.1 Å². The van der Waals surface area contributed by atoms with E-state index in [1.54, 1.807) is 0 Å². The minimum atomic E-state index is -0.837. The van der Waals surface area contributed by atoms with Gasteiger partial charge in [-0.3, -0.25) is 10.1 Å². The Labute approximate surface area is 199 Å². The number of rotatable bonds is 7. The van der Waals surface area contributed by atoms with Gasteiger partial charge < -0.3 is 9.84 Å². The van der Waals surface area contributed by atoms with E-state index in [1.165, 1.54) is 22.9 Å². The third-order valence-corrected chi connectivity index (χ3v) is 7.18. The number of aliphatic carboxylic acids is 1. The van der Waals surface area contributed by atoms with E-state index in [4.69, 9.17) is 9.84 Å². The molecule has 4 aromatic rings. The van der Waals surface area contributed by atoms with Crippen LogP contribution >= 0.6 is 22.9 Å². The summed E-state index contributed by atoms with van der Waals surface area (Å²) in [6.07, 6.45) is -0.883. The second-order valence-electron chi connectivity index (χ2n) is 7.47. The maximum atomic E-state index is 12.6. The number of ether oxygens (including phenoxy) is 1. The Balaban J connectivity index is 1.48. The molecule has 0 unspecified atom stereocenters. The van der Waals surface area contributed by atoms with Crippen LogP contribution in [0.3, 0.4) is 0 Å². The van der Waals surface area contributed by atoms with Crippen molar-refractivity contribution >= 4 is 40.6 Å². The Morgan fingerprint density at radius 3 is 2.42 bits per heavy atom. The summed E-state index contributed by atoms with van der Waals surface area (Å²) < 4.78 is 9.96. The zero-order chi connectivity index (χ0) is 23.4. The van der Waals surface area contributed by atoms with Crippen molar-refractivity contribution in [3.8, 4) is 20.9 Å². The van der Waals surface area contributed by atoms with E-state index in [9.17, 15) is 9.59 Å².